The first kappa shape index (κ1) is 12.7. The zero-order valence-electron chi connectivity index (χ0n) is 9.21. The normalized spacial score (nSPS) is 34.0. The minimum absolute atomic E-state index is 0.0134. The first-order valence-corrected chi connectivity index (χ1v) is 7.63. The lowest BCUT2D eigenvalue weighted by Crippen LogP contribution is -2.29. The molecule has 2 saturated heterocycles. The van der Waals surface area contributed by atoms with Gasteiger partial charge in [0.2, 0.25) is 0 Å². The molecule has 2 aliphatic heterocycles. The van der Waals surface area contributed by atoms with Gasteiger partial charge in [0.05, 0.1) is 19.8 Å². The van der Waals surface area contributed by atoms with E-state index in [4.69, 9.17) is 13.6 Å². The molecular weight excluding hydrogens is 255 g/mol. The summed E-state index contributed by atoms with van der Waals surface area (Å²) in [6, 6.07) is 0. The molecule has 0 aromatic carbocycles. The van der Waals surface area contributed by atoms with E-state index in [0.717, 1.165) is 0 Å². The van der Waals surface area contributed by atoms with E-state index in [0.29, 0.717) is 13.2 Å². The second-order valence-corrected chi connectivity index (χ2v) is 7.53. The van der Waals surface area contributed by atoms with Crippen molar-refractivity contribution in [2.45, 2.75) is 20.0 Å². The van der Waals surface area contributed by atoms with Crippen molar-refractivity contribution in [3.63, 3.8) is 0 Å². The Bertz CT molecular complexity index is 344. The molecule has 6 nitrogen and oxygen atoms in total. The third-order valence-corrected chi connectivity index (χ3v) is 4.61. The zero-order chi connectivity index (χ0) is 11.8. The minimum Gasteiger partial charge on any atom is -0.312 e. The van der Waals surface area contributed by atoms with Gasteiger partial charge in [-0.25, -0.2) is 0 Å². The standard InChI is InChI=1S/C8H15O6PS/c1-8(2)5-11-15(12-6-8)14-7-3-13-16(9,10)4-7/h7H,3-6H2,1-2H3. The summed E-state index contributed by atoms with van der Waals surface area (Å²) >= 11 is 0. The van der Waals surface area contributed by atoms with Crippen molar-refractivity contribution in [3.8, 4) is 0 Å². The first-order chi connectivity index (χ1) is 7.36. The molecule has 0 aromatic heterocycles. The predicted octanol–water partition coefficient (Wildman–Crippen LogP) is 1.03. The van der Waals surface area contributed by atoms with E-state index < -0.39 is 24.8 Å². The van der Waals surface area contributed by atoms with E-state index in [2.05, 4.69) is 4.18 Å². The fraction of sp³-hybridized carbons (Fsp3) is 1.00. The molecule has 0 spiro atoms. The van der Waals surface area contributed by atoms with Gasteiger partial charge in [-0.15, -0.1) is 0 Å². The van der Waals surface area contributed by atoms with Gasteiger partial charge in [0.25, 0.3) is 10.1 Å². The van der Waals surface area contributed by atoms with Crippen LogP contribution in [-0.2, 0) is 27.9 Å². The molecule has 0 saturated carbocycles. The number of hydrogen-bond donors (Lipinski definition) is 0. The monoisotopic (exact) mass is 270 g/mol. The average molecular weight is 270 g/mol. The summed E-state index contributed by atoms with van der Waals surface area (Å²) in [7, 11) is -4.82. The van der Waals surface area contributed by atoms with Crippen LogP contribution in [0.1, 0.15) is 13.8 Å². The largest absolute Gasteiger partial charge is 0.333 e. The van der Waals surface area contributed by atoms with Crippen molar-refractivity contribution in [1.29, 1.82) is 0 Å². The van der Waals surface area contributed by atoms with E-state index in [9.17, 15) is 8.42 Å². The highest BCUT2D eigenvalue weighted by Gasteiger charge is 2.36. The van der Waals surface area contributed by atoms with Crippen molar-refractivity contribution >= 4 is 18.7 Å². The predicted molar refractivity (Wildman–Crippen MR) is 57.2 cm³/mol. The Hall–Kier alpha value is 0.220. The second-order valence-electron chi connectivity index (χ2n) is 4.67. The van der Waals surface area contributed by atoms with Crippen molar-refractivity contribution < 1.29 is 26.2 Å². The van der Waals surface area contributed by atoms with Gasteiger partial charge in [0, 0.05) is 5.41 Å². The minimum atomic E-state index is -3.39. The molecule has 2 aliphatic rings. The SMILES string of the molecule is CC1(C)COP(OC2COS(=O)(=O)C2)OC1. The molecule has 0 aliphatic carbocycles. The van der Waals surface area contributed by atoms with Crippen LogP contribution in [0.25, 0.3) is 0 Å². The Morgan fingerprint density at radius 2 is 1.94 bits per heavy atom. The fourth-order valence-electron chi connectivity index (χ4n) is 1.28. The summed E-state index contributed by atoms with van der Waals surface area (Å²) in [6.45, 7) is 5.22. The number of hydrogen-bond acceptors (Lipinski definition) is 6. The molecule has 0 N–H and O–H groups in total. The summed E-state index contributed by atoms with van der Waals surface area (Å²) in [5, 5.41) is 0. The molecule has 2 fully saturated rings. The molecule has 1 atom stereocenters. The molecule has 0 aromatic rings. The Labute approximate surface area is 96.3 Å². The Balaban J connectivity index is 1.80. The van der Waals surface area contributed by atoms with Gasteiger partial charge in [-0.2, -0.15) is 8.42 Å². The summed E-state index contributed by atoms with van der Waals surface area (Å²) in [6.07, 6.45) is -0.475. The van der Waals surface area contributed by atoms with Crippen LogP contribution in [0.3, 0.4) is 0 Å². The lowest BCUT2D eigenvalue weighted by Gasteiger charge is -2.33. The lowest BCUT2D eigenvalue weighted by atomic mass is 9.97. The van der Waals surface area contributed by atoms with Gasteiger partial charge in [0.15, 0.2) is 0 Å². The molecule has 0 radical (unpaired) electrons. The summed E-state index contributed by atoms with van der Waals surface area (Å²) in [5.74, 6) is -0.123. The maximum Gasteiger partial charge on any atom is 0.333 e. The zero-order valence-corrected chi connectivity index (χ0v) is 10.9. The third-order valence-electron chi connectivity index (χ3n) is 2.18. The highest BCUT2D eigenvalue weighted by atomic mass is 32.2. The van der Waals surface area contributed by atoms with Crippen LogP contribution >= 0.6 is 8.60 Å². The maximum atomic E-state index is 11.0. The quantitative estimate of drug-likeness (QED) is 0.551. The molecule has 2 rings (SSSR count). The van der Waals surface area contributed by atoms with Crippen molar-refractivity contribution in [3.05, 3.63) is 0 Å². The van der Waals surface area contributed by atoms with E-state index in [1.165, 1.54) is 0 Å². The highest BCUT2D eigenvalue weighted by Crippen LogP contribution is 2.48. The first-order valence-electron chi connectivity index (χ1n) is 4.96. The molecular formula is C8H15O6PS. The average Bonchev–Trinajstić information content (AvgIpc) is 2.50. The maximum absolute atomic E-state index is 11.0. The van der Waals surface area contributed by atoms with Crippen LogP contribution in [0.2, 0.25) is 0 Å². The van der Waals surface area contributed by atoms with Gasteiger partial charge in [-0.3, -0.25) is 4.18 Å². The lowest BCUT2D eigenvalue weighted by molar-refractivity contribution is 0.0156. The molecule has 0 bridgehead atoms. The van der Waals surface area contributed by atoms with Crippen LogP contribution in [0.4, 0.5) is 0 Å². The molecule has 16 heavy (non-hydrogen) atoms. The molecule has 2 heterocycles. The van der Waals surface area contributed by atoms with E-state index in [1.54, 1.807) is 0 Å². The second kappa shape index (κ2) is 4.48. The summed E-state index contributed by atoms with van der Waals surface area (Å²) < 4.78 is 42.8. The van der Waals surface area contributed by atoms with Crippen LogP contribution in [0.5, 0.6) is 0 Å². The van der Waals surface area contributed by atoms with Gasteiger partial charge in [-0.1, -0.05) is 13.8 Å². The topological polar surface area (TPSA) is 71.1 Å². The fourth-order valence-corrected chi connectivity index (χ4v) is 3.94. The molecule has 8 heteroatoms. The van der Waals surface area contributed by atoms with Crippen LogP contribution < -0.4 is 0 Å². The van der Waals surface area contributed by atoms with Crippen LogP contribution in [-0.4, -0.2) is 40.1 Å². The van der Waals surface area contributed by atoms with Gasteiger partial charge >= 0.3 is 8.60 Å². The molecule has 1 unspecified atom stereocenters. The Morgan fingerprint density at radius 1 is 1.31 bits per heavy atom. The number of rotatable bonds is 2. The van der Waals surface area contributed by atoms with Gasteiger partial charge in [-0.05, 0) is 0 Å². The van der Waals surface area contributed by atoms with Gasteiger partial charge < -0.3 is 13.6 Å². The Kier molecular flexibility index (Phi) is 3.55. The summed E-state index contributed by atoms with van der Waals surface area (Å²) in [5.41, 5.74) is -0.0134. The van der Waals surface area contributed by atoms with Crippen molar-refractivity contribution in [2.75, 3.05) is 25.6 Å². The summed E-state index contributed by atoms with van der Waals surface area (Å²) in [4.78, 5) is 0. The van der Waals surface area contributed by atoms with Crippen molar-refractivity contribution in [1.82, 2.24) is 0 Å². The molecule has 94 valence electrons. The third kappa shape index (κ3) is 3.35. The van der Waals surface area contributed by atoms with E-state index in [1.807, 2.05) is 13.8 Å². The van der Waals surface area contributed by atoms with Crippen LogP contribution in [0, 0.1) is 5.41 Å². The molecule has 0 amide bonds. The highest BCUT2D eigenvalue weighted by molar-refractivity contribution is 7.87. The Morgan fingerprint density at radius 3 is 2.44 bits per heavy atom. The van der Waals surface area contributed by atoms with Crippen LogP contribution in [0.15, 0.2) is 0 Å². The van der Waals surface area contributed by atoms with Crippen molar-refractivity contribution in [2.24, 2.45) is 5.41 Å². The van der Waals surface area contributed by atoms with E-state index >= 15 is 0 Å². The van der Waals surface area contributed by atoms with E-state index in [-0.39, 0.29) is 17.8 Å². The van der Waals surface area contributed by atoms with Gasteiger partial charge in [0.1, 0.15) is 11.9 Å². The smallest absolute Gasteiger partial charge is 0.312 e.